The van der Waals surface area contributed by atoms with Gasteiger partial charge < -0.3 is 10.5 Å². The first-order valence-electron chi connectivity index (χ1n) is 4.04. The number of pyridine rings is 1. The van der Waals surface area contributed by atoms with Gasteiger partial charge >= 0.3 is 6.36 Å². The lowest BCUT2D eigenvalue weighted by Gasteiger charge is -2.14. The van der Waals surface area contributed by atoms with Gasteiger partial charge in [-0.1, -0.05) is 0 Å². The summed E-state index contributed by atoms with van der Waals surface area (Å²) in [7, 11) is 0. The molecule has 0 unspecified atom stereocenters. The van der Waals surface area contributed by atoms with Gasteiger partial charge in [-0.3, -0.25) is 4.79 Å². The van der Waals surface area contributed by atoms with Crippen LogP contribution in [0.5, 0.6) is 5.75 Å². The Morgan fingerprint density at radius 1 is 1.41 bits per heavy atom. The summed E-state index contributed by atoms with van der Waals surface area (Å²) in [5.41, 5.74) is 3.28. The number of carbonyl (C=O) groups excluding carboxylic acids is 1. The summed E-state index contributed by atoms with van der Waals surface area (Å²) in [5.74, 6) is -2.12. The van der Waals surface area contributed by atoms with Crippen molar-refractivity contribution in [3.05, 3.63) is 17.3 Å². The number of nitrogen functional groups attached to an aromatic ring is 1. The predicted octanol–water partition coefficient (Wildman–Crippen LogP) is 2.31. The number of anilines is 1. The van der Waals surface area contributed by atoms with Crippen molar-refractivity contribution in [1.82, 2.24) is 4.98 Å². The number of rotatable bonds is 3. The summed E-state index contributed by atoms with van der Waals surface area (Å²) in [6.07, 6.45) is -8.41. The number of hydrogen-bond donors (Lipinski definition) is 1. The molecule has 17 heavy (non-hydrogen) atoms. The standard InChI is InChI=1S/C8H5F5N2O2/c9-6(10)5-4(17-8(11,12)13)1-3(2-16)15-7(5)14/h1-2,6H,(H2,14,15). The number of ether oxygens (including phenoxy) is 1. The Morgan fingerprint density at radius 2 is 2.00 bits per heavy atom. The number of aromatic nitrogens is 1. The Labute approximate surface area is 91.2 Å². The lowest BCUT2D eigenvalue weighted by Crippen LogP contribution is -2.19. The van der Waals surface area contributed by atoms with Crippen LogP contribution >= 0.6 is 0 Å². The van der Waals surface area contributed by atoms with E-state index in [1.54, 1.807) is 0 Å². The van der Waals surface area contributed by atoms with E-state index in [4.69, 9.17) is 5.73 Å². The molecule has 0 radical (unpaired) electrons. The van der Waals surface area contributed by atoms with Crippen LogP contribution in [0, 0.1) is 0 Å². The predicted molar refractivity (Wildman–Crippen MR) is 45.7 cm³/mol. The second-order valence-corrected chi connectivity index (χ2v) is 2.81. The van der Waals surface area contributed by atoms with Gasteiger partial charge in [-0.2, -0.15) is 0 Å². The molecule has 94 valence electrons. The fourth-order valence-corrected chi connectivity index (χ4v) is 1.06. The van der Waals surface area contributed by atoms with Crippen LogP contribution < -0.4 is 10.5 Å². The van der Waals surface area contributed by atoms with Gasteiger partial charge in [-0.05, 0) is 0 Å². The molecule has 0 fully saturated rings. The van der Waals surface area contributed by atoms with Crippen LogP contribution in [0.2, 0.25) is 0 Å². The molecule has 0 saturated carbocycles. The molecule has 1 rings (SSSR count). The van der Waals surface area contributed by atoms with Crippen LogP contribution in [-0.4, -0.2) is 17.6 Å². The molecule has 1 aromatic heterocycles. The maximum absolute atomic E-state index is 12.4. The molecule has 1 aromatic rings. The SMILES string of the molecule is Nc1nc(C=O)cc(OC(F)(F)F)c1C(F)F. The van der Waals surface area contributed by atoms with E-state index < -0.39 is 35.6 Å². The molecular weight excluding hydrogens is 251 g/mol. The number of hydrogen-bond acceptors (Lipinski definition) is 4. The monoisotopic (exact) mass is 256 g/mol. The second kappa shape index (κ2) is 4.52. The molecule has 0 aromatic carbocycles. The van der Waals surface area contributed by atoms with E-state index in [1.807, 2.05) is 0 Å². The Hall–Kier alpha value is -1.93. The lowest BCUT2D eigenvalue weighted by molar-refractivity contribution is -0.275. The second-order valence-electron chi connectivity index (χ2n) is 2.81. The molecule has 1 heterocycles. The van der Waals surface area contributed by atoms with Crippen LogP contribution in [0.1, 0.15) is 22.5 Å². The van der Waals surface area contributed by atoms with Gasteiger partial charge in [0.05, 0.1) is 0 Å². The molecular formula is C8H5F5N2O2. The Bertz CT molecular complexity index is 433. The minimum atomic E-state index is -5.17. The molecule has 0 aliphatic carbocycles. The van der Waals surface area contributed by atoms with Crippen LogP contribution in [0.25, 0.3) is 0 Å². The van der Waals surface area contributed by atoms with E-state index >= 15 is 0 Å². The quantitative estimate of drug-likeness (QED) is 0.665. The first kappa shape index (κ1) is 13.1. The molecule has 2 N–H and O–H groups in total. The largest absolute Gasteiger partial charge is 0.573 e. The topological polar surface area (TPSA) is 65.2 Å². The van der Waals surface area contributed by atoms with Crippen LogP contribution in [0.4, 0.5) is 27.8 Å². The van der Waals surface area contributed by atoms with Crippen molar-refractivity contribution in [3.8, 4) is 5.75 Å². The maximum Gasteiger partial charge on any atom is 0.573 e. The number of nitrogens with two attached hydrogens (primary N) is 1. The molecule has 9 heteroatoms. The highest BCUT2D eigenvalue weighted by atomic mass is 19.4. The zero-order valence-electron chi connectivity index (χ0n) is 7.96. The molecule has 0 amide bonds. The third kappa shape index (κ3) is 3.26. The number of nitrogens with zero attached hydrogens (tertiary/aromatic N) is 1. The van der Waals surface area contributed by atoms with Crippen molar-refractivity contribution >= 4 is 12.1 Å². The molecule has 0 atom stereocenters. The van der Waals surface area contributed by atoms with Gasteiger partial charge in [-0.15, -0.1) is 13.2 Å². The van der Waals surface area contributed by atoms with Gasteiger partial charge in [0.2, 0.25) is 0 Å². The van der Waals surface area contributed by atoms with Crippen LogP contribution in [0.15, 0.2) is 6.07 Å². The fourth-order valence-electron chi connectivity index (χ4n) is 1.06. The first-order valence-corrected chi connectivity index (χ1v) is 4.04. The summed E-state index contributed by atoms with van der Waals surface area (Å²) < 4.78 is 64.1. The highest BCUT2D eigenvalue weighted by molar-refractivity contribution is 5.74. The van der Waals surface area contributed by atoms with Gasteiger partial charge in [-0.25, -0.2) is 13.8 Å². The molecule has 0 bridgehead atoms. The third-order valence-corrected chi connectivity index (χ3v) is 1.63. The molecule has 0 aliphatic heterocycles. The lowest BCUT2D eigenvalue weighted by atomic mass is 10.2. The third-order valence-electron chi connectivity index (χ3n) is 1.63. The van der Waals surface area contributed by atoms with Crippen LogP contribution in [-0.2, 0) is 0 Å². The van der Waals surface area contributed by atoms with Gasteiger partial charge in [0, 0.05) is 6.07 Å². The zero-order valence-corrected chi connectivity index (χ0v) is 7.96. The Kier molecular flexibility index (Phi) is 3.49. The minimum Gasteiger partial charge on any atom is -0.405 e. The normalized spacial score (nSPS) is 11.6. The zero-order chi connectivity index (χ0) is 13.2. The number of alkyl halides is 5. The number of halogens is 5. The van der Waals surface area contributed by atoms with Gasteiger partial charge in [0.1, 0.15) is 22.8 Å². The average Bonchev–Trinajstić information content (AvgIpc) is 2.13. The summed E-state index contributed by atoms with van der Waals surface area (Å²) in [4.78, 5) is 13.5. The number of carbonyl (C=O) groups is 1. The Balaban J connectivity index is 3.32. The number of aldehydes is 1. The summed E-state index contributed by atoms with van der Waals surface area (Å²) in [6.45, 7) is 0. The average molecular weight is 256 g/mol. The summed E-state index contributed by atoms with van der Waals surface area (Å²) in [5, 5.41) is 0. The van der Waals surface area contributed by atoms with E-state index in [2.05, 4.69) is 9.72 Å². The van der Waals surface area contributed by atoms with E-state index in [-0.39, 0.29) is 6.29 Å². The van der Waals surface area contributed by atoms with Crippen molar-refractivity contribution < 1.29 is 31.5 Å². The molecule has 0 aliphatic rings. The van der Waals surface area contributed by atoms with E-state index in [1.165, 1.54) is 0 Å². The highest BCUT2D eigenvalue weighted by Crippen LogP contribution is 2.36. The maximum atomic E-state index is 12.4. The van der Waals surface area contributed by atoms with Crippen LogP contribution in [0.3, 0.4) is 0 Å². The first-order chi connectivity index (χ1) is 7.74. The molecule has 0 saturated heterocycles. The van der Waals surface area contributed by atoms with Crippen molar-refractivity contribution in [2.24, 2.45) is 0 Å². The van der Waals surface area contributed by atoms with E-state index in [9.17, 15) is 26.7 Å². The van der Waals surface area contributed by atoms with Crippen molar-refractivity contribution in [2.45, 2.75) is 12.8 Å². The molecule has 0 spiro atoms. The Morgan fingerprint density at radius 3 is 2.41 bits per heavy atom. The van der Waals surface area contributed by atoms with Gasteiger partial charge in [0.15, 0.2) is 6.29 Å². The van der Waals surface area contributed by atoms with E-state index in [0.717, 1.165) is 0 Å². The highest BCUT2D eigenvalue weighted by Gasteiger charge is 2.34. The minimum absolute atomic E-state index is 0.0643. The van der Waals surface area contributed by atoms with Gasteiger partial charge in [0.25, 0.3) is 6.43 Å². The smallest absolute Gasteiger partial charge is 0.405 e. The van der Waals surface area contributed by atoms with Crippen molar-refractivity contribution in [2.75, 3.05) is 5.73 Å². The van der Waals surface area contributed by atoms with E-state index in [0.29, 0.717) is 6.07 Å². The summed E-state index contributed by atoms with van der Waals surface area (Å²) >= 11 is 0. The fraction of sp³-hybridized carbons (Fsp3) is 0.250. The van der Waals surface area contributed by atoms with Crippen molar-refractivity contribution in [1.29, 1.82) is 0 Å². The summed E-state index contributed by atoms with van der Waals surface area (Å²) in [6, 6.07) is 0.443. The van der Waals surface area contributed by atoms with Crippen molar-refractivity contribution in [3.63, 3.8) is 0 Å². The molecule has 4 nitrogen and oxygen atoms in total.